The molecule has 1 unspecified atom stereocenters. The van der Waals surface area contributed by atoms with Crippen molar-refractivity contribution < 1.29 is 18.3 Å². The predicted octanol–water partition coefficient (Wildman–Crippen LogP) is 2.00. The molecule has 1 aromatic carbocycles. The molecule has 2 rings (SSSR count). The second-order valence-corrected chi connectivity index (χ2v) is 8.67. The summed E-state index contributed by atoms with van der Waals surface area (Å²) in [6, 6.07) is 4.19. The maximum Gasteiger partial charge on any atom is 0.258 e. The third kappa shape index (κ3) is 3.46. The van der Waals surface area contributed by atoms with Gasteiger partial charge in [0, 0.05) is 28.8 Å². The van der Waals surface area contributed by atoms with Crippen LogP contribution in [0.15, 0.2) is 18.2 Å². The predicted molar refractivity (Wildman–Crippen MR) is 84.7 cm³/mol. The molecule has 1 aromatic rings. The molecule has 1 aliphatic rings. The average Bonchev–Trinajstić information content (AvgIpc) is 2.46. The van der Waals surface area contributed by atoms with Gasteiger partial charge in [0.05, 0.1) is 5.56 Å². The molecule has 1 heterocycles. The number of rotatable bonds is 3. The first-order valence-electron chi connectivity index (χ1n) is 6.45. The zero-order valence-electron chi connectivity index (χ0n) is 11.5. The lowest BCUT2D eigenvalue weighted by molar-refractivity contribution is 0.0746. The number of thioether (sulfide) groups is 1. The summed E-state index contributed by atoms with van der Waals surface area (Å²) in [5, 5.41) is 9.32. The van der Waals surface area contributed by atoms with Gasteiger partial charge in [0.25, 0.3) is 5.91 Å². The van der Waals surface area contributed by atoms with E-state index in [4.69, 9.17) is 11.6 Å². The molecule has 21 heavy (non-hydrogen) atoms. The summed E-state index contributed by atoms with van der Waals surface area (Å²) in [7, 11) is -3.37. The number of amides is 1. The van der Waals surface area contributed by atoms with E-state index in [1.165, 1.54) is 34.9 Å². The minimum Gasteiger partial charge on any atom is -0.507 e. The summed E-state index contributed by atoms with van der Waals surface area (Å²) >= 11 is 7.26. The number of aromatic hydroxyl groups is 1. The van der Waals surface area contributed by atoms with Crippen LogP contribution in [-0.4, -0.2) is 53.5 Å². The first kappa shape index (κ1) is 16.5. The molecule has 1 fully saturated rings. The molecule has 0 saturated carbocycles. The van der Waals surface area contributed by atoms with Gasteiger partial charge in [0.2, 0.25) is 0 Å². The van der Waals surface area contributed by atoms with Crippen molar-refractivity contribution in [2.75, 3.05) is 23.8 Å². The highest BCUT2D eigenvalue weighted by Gasteiger charge is 2.36. The normalized spacial score (nSPS) is 19.5. The number of benzene rings is 1. The molecule has 1 N–H and O–H groups in total. The second-order valence-electron chi connectivity index (χ2n) is 4.64. The van der Waals surface area contributed by atoms with Gasteiger partial charge in [-0.2, -0.15) is 11.8 Å². The summed E-state index contributed by atoms with van der Waals surface area (Å²) in [6.45, 7) is 1.91. The Bertz CT molecular complexity index is 648. The number of phenols is 1. The summed E-state index contributed by atoms with van der Waals surface area (Å²) in [4.78, 5) is 13.9. The van der Waals surface area contributed by atoms with E-state index in [-0.39, 0.29) is 17.1 Å². The van der Waals surface area contributed by atoms with E-state index in [1.807, 2.05) is 0 Å². The van der Waals surface area contributed by atoms with Gasteiger partial charge in [-0.25, -0.2) is 8.42 Å². The first-order valence-corrected chi connectivity index (χ1v) is 9.70. The van der Waals surface area contributed by atoms with Crippen molar-refractivity contribution in [1.29, 1.82) is 0 Å². The third-order valence-corrected chi connectivity index (χ3v) is 6.88. The van der Waals surface area contributed by atoms with Crippen molar-refractivity contribution in [2.45, 2.75) is 12.3 Å². The number of hydrogen-bond donors (Lipinski definition) is 1. The van der Waals surface area contributed by atoms with Gasteiger partial charge in [-0.3, -0.25) is 4.79 Å². The van der Waals surface area contributed by atoms with Crippen LogP contribution in [0.2, 0.25) is 5.02 Å². The molecule has 0 aromatic heterocycles. The Morgan fingerprint density at radius 1 is 1.52 bits per heavy atom. The lowest BCUT2D eigenvalue weighted by Gasteiger charge is -2.34. The van der Waals surface area contributed by atoms with Crippen LogP contribution in [0.25, 0.3) is 0 Å². The fourth-order valence-electron chi connectivity index (χ4n) is 2.14. The molecule has 1 saturated heterocycles. The first-order chi connectivity index (χ1) is 9.86. The molecule has 1 atom stereocenters. The topological polar surface area (TPSA) is 74.7 Å². The van der Waals surface area contributed by atoms with Crippen LogP contribution in [0.3, 0.4) is 0 Å². The molecule has 0 aliphatic carbocycles. The number of hydrogen-bond acceptors (Lipinski definition) is 5. The van der Waals surface area contributed by atoms with Crippen LogP contribution in [0, 0.1) is 0 Å². The Morgan fingerprint density at radius 2 is 2.24 bits per heavy atom. The van der Waals surface area contributed by atoms with Gasteiger partial charge in [-0.1, -0.05) is 18.5 Å². The molecular formula is C13H16ClNO4S2. The van der Waals surface area contributed by atoms with E-state index >= 15 is 0 Å². The lowest BCUT2D eigenvalue weighted by Crippen LogP contribution is -2.50. The van der Waals surface area contributed by atoms with Gasteiger partial charge >= 0.3 is 0 Å². The van der Waals surface area contributed by atoms with Gasteiger partial charge in [-0.15, -0.1) is 0 Å². The van der Waals surface area contributed by atoms with Crippen LogP contribution in [0.1, 0.15) is 17.3 Å². The quantitative estimate of drug-likeness (QED) is 0.903. The van der Waals surface area contributed by atoms with Gasteiger partial charge in [0.1, 0.15) is 11.1 Å². The summed E-state index contributed by atoms with van der Waals surface area (Å²) in [5.41, 5.74) is 0.0719. The molecule has 5 nitrogen and oxygen atoms in total. The minimum atomic E-state index is -3.37. The Morgan fingerprint density at radius 3 is 2.86 bits per heavy atom. The number of carbonyl (C=O) groups excluding carboxylic acids is 1. The van der Waals surface area contributed by atoms with E-state index in [9.17, 15) is 18.3 Å². The van der Waals surface area contributed by atoms with Crippen molar-refractivity contribution in [2.24, 2.45) is 0 Å². The SMILES string of the molecule is CCS(=O)(=O)C1CSCCN1C(=O)c1ccc(Cl)cc1O. The smallest absolute Gasteiger partial charge is 0.258 e. The molecular weight excluding hydrogens is 334 g/mol. The highest BCUT2D eigenvalue weighted by atomic mass is 35.5. The van der Waals surface area contributed by atoms with Crippen LogP contribution in [-0.2, 0) is 9.84 Å². The lowest BCUT2D eigenvalue weighted by atomic mass is 10.1. The molecule has 8 heteroatoms. The van der Waals surface area contributed by atoms with Crippen molar-refractivity contribution >= 4 is 39.1 Å². The molecule has 116 valence electrons. The monoisotopic (exact) mass is 349 g/mol. The summed E-state index contributed by atoms with van der Waals surface area (Å²) < 4.78 is 24.3. The van der Waals surface area contributed by atoms with Crippen molar-refractivity contribution in [3.05, 3.63) is 28.8 Å². The van der Waals surface area contributed by atoms with Crippen LogP contribution >= 0.6 is 23.4 Å². The summed E-state index contributed by atoms with van der Waals surface area (Å²) in [6.07, 6.45) is 0. The number of carbonyl (C=O) groups is 1. The van der Waals surface area contributed by atoms with Gasteiger partial charge < -0.3 is 10.0 Å². The average molecular weight is 350 g/mol. The maximum absolute atomic E-state index is 12.6. The van der Waals surface area contributed by atoms with E-state index < -0.39 is 21.1 Å². The van der Waals surface area contributed by atoms with E-state index in [2.05, 4.69) is 0 Å². The molecule has 0 spiro atoms. The number of sulfone groups is 1. The van der Waals surface area contributed by atoms with Crippen molar-refractivity contribution in [3.8, 4) is 5.75 Å². The Balaban J connectivity index is 2.35. The molecule has 0 bridgehead atoms. The minimum absolute atomic E-state index is 0.0192. The fraction of sp³-hybridized carbons (Fsp3) is 0.462. The van der Waals surface area contributed by atoms with E-state index in [0.717, 1.165) is 0 Å². The molecule has 0 radical (unpaired) electrons. The Kier molecular flexibility index (Phi) is 5.06. The zero-order chi connectivity index (χ0) is 15.6. The Hall–Kier alpha value is -0.920. The number of nitrogens with zero attached hydrogens (tertiary/aromatic N) is 1. The van der Waals surface area contributed by atoms with Crippen molar-refractivity contribution in [3.63, 3.8) is 0 Å². The molecule has 1 amide bonds. The van der Waals surface area contributed by atoms with Gasteiger partial charge in [-0.05, 0) is 18.2 Å². The van der Waals surface area contributed by atoms with Crippen LogP contribution < -0.4 is 0 Å². The molecule has 1 aliphatic heterocycles. The zero-order valence-corrected chi connectivity index (χ0v) is 13.8. The standard InChI is InChI=1S/C13H16ClNO4S2/c1-2-21(18,19)12-8-20-6-5-15(12)13(17)10-4-3-9(14)7-11(10)16/h3-4,7,12,16H,2,5-6,8H2,1H3. The van der Waals surface area contributed by atoms with E-state index in [0.29, 0.717) is 23.1 Å². The Labute approximate surface area is 133 Å². The van der Waals surface area contributed by atoms with Crippen LogP contribution in [0.5, 0.6) is 5.75 Å². The second kappa shape index (κ2) is 6.46. The van der Waals surface area contributed by atoms with Gasteiger partial charge in [0.15, 0.2) is 9.84 Å². The number of halogens is 1. The highest BCUT2D eigenvalue weighted by Crippen LogP contribution is 2.28. The fourth-order valence-corrected chi connectivity index (χ4v) is 5.28. The number of phenolic OH excluding ortho intramolecular Hbond substituents is 1. The van der Waals surface area contributed by atoms with Crippen LogP contribution in [0.4, 0.5) is 0 Å². The highest BCUT2D eigenvalue weighted by molar-refractivity contribution is 8.01. The largest absolute Gasteiger partial charge is 0.507 e. The third-order valence-electron chi connectivity index (χ3n) is 3.35. The summed E-state index contributed by atoms with van der Waals surface area (Å²) in [5.74, 6) is 0.297. The van der Waals surface area contributed by atoms with E-state index in [1.54, 1.807) is 6.92 Å². The maximum atomic E-state index is 12.6. The van der Waals surface area contributed by atoms with Crippen molar-refractivity contribution in [1.82, 2.24) is 4.90 Å².